The smallest absolute Gasteiger partial charge is 0.247 e. The van der Waals surface area contributed by atoms with Gasteiger partial charge in [0.05, 0.1) is 5.69 Å². The van der Waals surface area contributed by atoms with E-state index >= 15 is 0 Å². The third kappa shape index (κ3) is 3.35. The maximum absolute atomic E-state index is 13.6. The molecule has 1 amide bonds. The molecule has 0 spiro atoms. The number of hydrogen-bond donors (Lipinski definition) is 1. The van der Waals surface area contributed by atoms with Gasteiger partial charge < -0.3 is 5.32 Å². The average Bonchev–Trinajstić information content (AvgIpc) is 2.42. The second-order valence-electron chi connectivity index (χ2n) is 4.01. The number of hydrogen-bond acceptors (Lipinski definition) is 1. The molecular weight excluding hydrogens is 352 g/mol. The van der Waals surface area contributed by atoms with Gasteiger partial charge in [0.2, 0.25) is 5.91 Å². The van der Waals surface area contributed by atoms with Crippen molar-refractivity contribution in [3.63, 3.8) is 0 Å². The van der Waals surface area contributed by atoms with Gasteiger partial charge >= 0.3 is 0 Å². The molecule has 1 N–H and O–H groups in total. The van der Waals surface area contributed by atoms with Crippen LogP contribution in [-0.2, 0) is 4.79 Å². The van der Waals surface area contributed by atoms with Gasteiger partial charge in [-0.15, -0.1) is 11.6 Å². The molecule has 2 aromatic carbocycles. The van der Waals surface area contributed by atoms with Crippen LogP contribution in [-0.4, -0.2) is 5.91 Å². The molecule has 2 aromatic rings. The van der Waals surface area contributed by atoms with E-state index in [1.165, 1.54) is 0 Å². The number of benzene rings is 2. The summed E-state index contributed by atoms with van der Waals surface area (Å²) in [6, 6.07) is 10.4. The zero-order chi connectivity index (χ0) is 14.7. The van der Waals surface area contributed by atoms with Crippen LogP contribution < -0.4 is 5.32 Å². The fourth-order valence-corrected chi connectivity index (χ4v) is 2.33. The Kier molecular flexibility index (Phi) is 4.73. The van der Waals surface area contributed by atoms with Crippen molar-refractivity contribution < 1.29 is 13.6 Å². The highest BCUT2D eigenvalue weighted by Gasteiger charge is 2.20. The normalized spacial score (nSPS) is 12.0. The van der Waals surface area contributed by atoms with E-state index in [-0.39, 0.29) is 10.2 Å². The summed E-state index contributed by atoms with van der Waals surface area (Å²) in [7, 11) is 0. The van der Waals surface area contributed by atoms with E-state index in [0.29, 0.717) is 11.6 Å². The number of rotatable bonds is 3. The lowest BCUT2D eigenvalue weighted by atomic mass is 10.1. The molecule has 0 heterocycles. The number of anilines is 1. The van der Waals surface area contributed by atoms with Gasteiger partial charge in [-0.3, -0.25) is 4.79 Å². The fraction of sp³-hybridized carbons (Fsp3) is 0.0714. The minimum Gasteiger partial charge on any atom is -0.321 e. The molecule has 0 saturated heterocycles. The Hall–Kier alpha value is -1.46. The lowest BCUT2D eigenvalue weighted by Crippen LogP contribution is -2.18. The van der Waals surface area contributed by atoms with Crippen molar-refractivity contribution in [2.24, 2.45) is 0 Å². The second-order valence-corrected chi connectivity index (χ2v) is 5.30. The van der Waals surface area contributed by atoms with Crippen molar-refractivity contribution >= 4 is 39.1 Å². The van der Waals surface area contributed by atoms with Crippen LogP contribution in [0.2, 0.25) is 0 Å². The topological polar surface area (TPSA) is 29.1 Å². The minimum absolute atomic E-state index is 0.111. The van der Waals surface area contributed by atoms with Crippen LogP contribution in [0.5, 0.6) is 0 Å². The summed E-state index contributed by atoms with van der Waals surface area (Å²) < 4.78 is 26.7. The Balaban J connectivity index is 2.20. The van der Waals surface area contributed by atoms with E-state index in [2.05, 4.69) is 21.2 Å². The zero-order valence-electron chi connectivity index (χ0n) is 10.0. The maximum Gasteiger partial charge on any atom is 0.247 e. The molecule has 2 nitrogen and oxygen atoms in total. The number of nitrogens with one attached hydrogen (secondary N) is 1. The Morgan fingerprint density at radius 3 is 2.45 bits per heavy atom. The number of amides is 1. The summed E-state index contributed by atoms with van der Waals surface area (Å²) in [5, 5.41) is 1.38. The molecule has 0 aliphatic carbocycles. The van der Waals surface area contributed by atoms with Crippen molar-refractivity contribution in [2.45, 2.75) is 5.38 Å². The summed E-state index contributed by atoms with van der Waals surface area (Å²) in [6.07, 6.45) is 0. The van der Waals surface area contributed by atoms with Crippen LogP contribution in [0.4, 0.5) is 14.5 Å². The first kappa shape index (κ1) is 14.9. The van der Waals surface area contributed by atoms with Gasteiger partial charge in [-0.25, -0.2) is 8.78 Å². The summed E-state index contributed by atoms with van der Waals surface area (Å²) >= 11 is 9.01. The number of alkyl halides is 1. The molecule has 0 aliphatic rings. The molecule has 0 aliphatic heterocycles. The summed E-state index contributed by atoms with van der Waals surface area (Å²) in [5.74, 6) is -2.20. The van der Waals surface area contributed by atoms with Gasteiger partial charge in [0.1, 0.15) is 11.2 Å². The van der Waals surface area contributed by atoms with E-state index in [0.717, 1.165) is 6.07 Å². The largest absolute Gasteiger partial charge is 0.321 e. The van der Waals surface area contributed by atoms with Crippen LogP contribution in [0.15, 0.2) is 46.9 Å². The molecule has 0 fully saturated rings. The summed E-state index contributed by atoms with van der Waals surface area (Å²) in [6.45, 7) is 0. The fourth-order valence-electron chi connectivity index (χ4n) is 1.62. The highest BCUT2D eigenvalue weighted by atomic mass is 79.9. The summed E-state index contributed by atoms with van der Waals surface area (Å²) in [5.41, 5.74) is 0.447. The second kappa shape index (κ2) is 6.33. The molecular formula is C14H9BrClF2NO. The van der Waals surface area contributed by atoms with Crippen LogP contribution in [0.3, 0.4) is 0 Å². The third-order valence-electron chi connectivity index (χ3n) is 2.58. The predicted octanol–water partition coefficient (Wildman–Crippen LogP) is 4.65. The first-order valence-corrected chi connectivity index (χ1v) is 6.86. The van der Waals surface area contributed by atoms with Crippen molar-refractivity contribution in [3.8, 4) is 0 Å². The standard InChI is InChI=1S/C14H9BrClF2NO/c15-10-6-9(17)7-11(18)13(10)19-14(20)12(16)8-4-2-1-3-5-8/h1-7,12H,(H,19,20). The first-order valence-electron chi connectivity index (χ1n) is 5.63. The molecule has 0 aromatic heterocycles. The SMILES string of the molecule is O=C(Nc1c(F)cc(F)cc1Br)C(Cl)c1ccccc1. The quantitative estimate of drug-likeness (QED) is 0.793. The monoisotopic (exact) mass is 359 g/mol. The van der Waals surface area contributed by atoms with Gasteiger partial charge in [0.25, 0.3) is 0 Å². The Morgan fingerprint density at radius 2 is 1.85 bits per heavy atom. The number of halogens is 4. The highest BCUT2D eigenvalue weighted by Crippen LogP contribution is 2.29. The van der Waals surface area contributed by atoms with E-state index in [9.17, 15) is 13.6 Å². The lowest BCUT2D eigenvalue weighted by Gasteiger charge is -2.12. The van der Waals surface area contributed by atoms with Crippen LogP contribution in [0, 0.1) is 11.6 Å². The van der Waals surface area contributed by atoms with Crippen LogP contribution in [0.1, 0.15) is 10.9 Å². The Labute approximate surface area is 127 Å². The Bertz CT molecular complexity index is 613. The molecule has 2 rings (SSSR count). The molecule has 1 unspecified atom stereocenters. The lowest BCUT2D eigenvalue weighted by molar-refractivity contribution is -0.116. The summed E-state index contributed by atoms with van der Waals surface area (Å²) in [4.78, 5) is 12.0. The van der Waals surface area contributed by atoms with E-state index in [1.807, 2.05) is 0 Å². The zero-order valence-corrected chi connectivity index (χ0v) is 12.4. The maximum atomic E-state index is 13.6. The highest BCUT2D eigenvalue weighted by molar-refractivity contribution is 9.10. The Morgan fingerprint density at radius 1 is 1.20 bits per heavy atom. The van der Waals surface area contributed by atoms with Gasteiger partial charge in [-0.1, -0.05) is 30.3 Å². The van der Waals surface area contributed by atoms with Crippen molar-refractivity contribution in [1.29, 1.82) is 0 Å². The van der Waals surface area contributed by atoms with Gasteiger partial charge in [0.15, 0.2) is 5.82 Å². The van der Waals surface area contributed by atoms with E-state index in [1.54, 1.807) is 30.3 Å². The number of carbonyl (C=O) groups excluding carboxylic acids is 1. The molecule has 20 heavy (non-hydrogen) atoms. The minimum atomic E-state index is -0.965. The molecule has 0 radical (unpaired) electrons. The molecule has 0 bridgehead atoms. The van der Waals surface area contributed by atoms with E-state index in [4.69, 9.17) is 11.6 Å². The van der Waals surface area contributed by atoms with Gasteiger partial charge in [0, 0.05) is 10.5 Å². The molecule has 0 saturated carbocycles. The third-order valence-corrected chi connectivity index (χ3v) is 3.65. The molecule has 6 heteroatoms. The van der Waals surface area contributed by atoms with Gasteiger partial charge in [-0.2, -0.15) is 0 Å². The van der Waals surface area contributed by atoms with Crippen LogP contribution in [0.25, 0.3) is 0 Å². The van der Waals surface area contributed by atoms with Gasteiger partial charge in [-0.05, 0) is 27.6 Å². The molecule has 1 atom stereocenters. The van der Waals surface area contributed by atoms with Crippen molar-refractivity contribution in [3.05, 3.63) is 64.1 Å². The average molecular weight is 361 g/mol. The van der Waals surface area contributed by atoms with Crippen molar-refractivity contribution in [1.82, 2.24) is 0 Å². The van der Waals surface area contributed by atoms with Crippen LogP contribution >= 0.6 is 27.5 Å². The molecule has 104 valence electrons. The first-order chi connectivity index (χ1) is 9.49. The predicted molar refractivity (Wildman–Crippen MR) is 77.7 cm³/mol. The van der Waals surface area contributed by atoms with E-state index < -0.39 is 22.9 Å². The van der Waals surface area contributed by atoms with Crippen molar-refractivity contribution in [2.75, 3.05) is 5.32 Å². The number of carbonyl (C=O) groups is 1.